The van der Waals surface area contributed by atoms with E-state index in [0.29, 0.717) is 44.2 Å². The summed E-state index contributed by atoms with van der Waals surface area (Å²) in [6.45, 7) is 3.63. The molecule has 3 amide bonds. The van der Waals surface area contributed by atoms with Gasteiger partial charge in [-0.3, -0.25) is 9.59 Å². The Morgan fingerprint density at radius 1 is 1.14 bits per heavy atom. The quantitative estimate of drug-likeness (QED) is 0.801. The van der Waals surface area contributed by atoms with E-state index in [1.165, 1.54) is 0 Å². The van der Waals surface area contributed by atoms with Crippen molar-refractivity contribution in [1.82, 2.24) is 20.1 Å². The van der Waals surface area contributed by atoms with Crippen LogP contribution in [0, 0.1) is 0 Å². The highest BCUT2D eigenvalue weighted by atomic mass is 16.6. The zero-order chi connectivity index (χ0) is 20.1. The number of piperazine rings is 1. The van der Waals surface area contributed by atoms with Crippen LogP contribution in [0.5, 0.6) is 5.75 Å². The lowest BCUT2D eigenvalue weighted by Crippen LogP contribution is -2.52. The largest absolute Gasteiger partial charge is 0.496 e. The summed E-state index contributed by atoms with van der Waals surface area (Å²) in [5, 5.41) is 3.44. The van der Waals surface area contributed by atoms with Crippen LogP contribution in [0.25, 0.3) is 10.9 Å². The predicted molar refractivity (Wildman–Crippen MR) is 102 cm³/mol. The molecule has 0 spiro atoms. The highest BCUT2D eigenvalue weighted by Crippen LogP contribution is 2.25. The van der Waals surface area contributed by atoms with Crippen molar-refractivity contribution in [3.8, 4) is 5.75 Å². The Bertz CT molecular complexity index is 870. The van der Waals surface area contributed by atoms with Gasteiger partial charge in [0, 0.05) is 37.1 Å². The molecule has 9 heteroatoms. The number of amides is 3. The standard InChI is InChI=1S/C19H24N4O5/c1-3-28-19(26)23-9-7-22(8-10-23)17(24)12-20-18(25)15-11-13-14(21-15)5-4-6-16(13)27-2/h4-6,11,21H,3,7-10,12H2,1-2H3,(H,20,25). The van der Waals surface area contributed by atoms with Gasteiger partial charge in [-0.05, 0) is 25.1 Å². The number of nitrogens with one attached hydrogen (secondary N) is 2. The molecule has 150 valence electrons. The summed E-state index contributed by atoms with van der Waals surface area (Å²) in [5.74, 6) is 0.116. The van der Waals surface area contributed by atoms with Gasteiger partial charge >= 0.3 is 6.09 Å². The van der Waals surface area contributed by atoms with E-state index in [0.717, 1.165) is 10.9 Å². The number of hydrogen-bond acceptors (Lipinski definition) is 5. The Kier molecular flexibility index (Phi) is 6.03. The topological polar surface area (TPSA) is 104 Å². The normalized spacial score (nSPS) is 14.1. The summed E-state index contributed by atoms with van der Waals surface area (Å²) < 4.78 is 10.3. The van der Waals surface area contributed by atoms with Gasteiger partial charge in [0.1, 0.15) is 11.4 Å². The van der Waals surface area contributed by atoms with E-state index in [4.69, 9.17) is 9.47 Å². The van der Waals surface area contributed by atoms with E-state index >= 15 is 0 Å². The minimum atomic E-state index is -0.364. The lowest BCUT2D eigenvalue weighted by Gasteiger charge is -2.34. The maximum absolute atomic E-state index is 12.4. The maximum atomic E-state index is 12.4. The summed E-state index contributed by atoms with van der Waals surface area (Å²) >= 11 is 0. The summed E-state index contributed by atoms with van der Waals surface area (Å²) in [4.78, 5) is 42.7. The monoisotopic (exact) mass is 388 g/mol. The predicted octanol–water partition coefficient (Wildman–Crippen LogP) is 1.21. The number of H-pyrrole nitrogens is 1. The van der Waals surface area contributed by atoms with Crippen LogP contribution < -0.4 is 10.1 Å². The van der Waals surface area contributed by atoms with Crippen molar-refractivity contribution in [2.45, 2.75) is 6.92 Å². The summed E-state index contributed by atoms with van der Waals surface area (Å²) in [6.07, 6.45) is -0.364. The number of carbonyl (C=O) groups excluding carboxylic acids is 3. The number of benzene rings is 1. The van der Waals surface area contributed by atoms with E-state index in [1.807, 2.05) is 18.2 Å². The molecule has 1 aromatic heterocycles. The van der Waals surface area contributed by atoms with E-state index in [2.05, 4.69) is 10.3 Å². The summed E-state index contributed by atoms with van der Waals surface area (Å²) in [5.41, 5.74) is 1.14. The van der Waals surface area contributed by atoms with Gasteiger partial charge in [-0.2, -0.15) is 0 Å². The highest BCUT2D eigenvalue weighted by Gasteiger charge is 2.25. The van der Waals surface area contributed by atoms with Crippen LogP contribution in [0.2, 0.25) is 0 Å². The molecule has 3 rings (SSSR count). The van der Waals surface area contributed by atoms with E-state index in [9.17, 15) is 14.4 Å². The zero-order valence-electron chi connectivity index (χ0n) is 16.0. The van der Waals surface area contributed by atoms with Crippen molar-refractivity contribution < 1.29 is 23.9 Å². The van der Waals surface area contributed by atoms with Crippen LogP contribution >= 0.6 is 0 Å². The third-order valence-corrected chi connectivity index (χ3v) is 4.65. The lowest BCUT2D eigenvalue weighted by atomic mass is 10.2. The Morgan fingerprint density at radius 3 is 2.54 bits per heavy atom. The van der Waals surface area contributed by atoms with E-state index in [-0.39, 0.29) is 24.5 Å². The summed E-state index contributed by atoms with van der Waals surface area (Å²) in [6, 6.07) is 7.20. The number of aromatic nitrogens is 1. The van der Waals surface area contributed by atoms with Gasteiger partial charge in [-0.15, -0.1) is 0 Å². The minimum Gasteiger partial charge on any atom is -0.496 e. The molecule has 2 aromatic rings. The molecule has 1 aliphatic rings. The van der Waals surface area contributed by atoms with Gasteiger partial charge in [0.15, 0.2) is 0 Å². The van der Waals surface area contributed by atoms with Gasteiger partial charge in [0.2, 0.25) is 5.91 Å². The molecule has 1 aromatic carbocycles. The van der Waals surface area contributed by atoms with Crippen molar-refractivity contribution in [1.29, 1.82) is 0 Å². The van der Waals surface area contributed by atoms with Gasteiger partial charge in [0.25, 0.3) is 5.91 Å². The van der Waals surface area contributed by atoms with Gasteiger partial charge < -0.3 is 29.6 Å². The fourth-order valence-electron chi connectivity index (χ4n) is 3.14. The Labute approximate surface area is 162 Å². The molecule has 28 heavy (non-hydrogen) atoms. The number of ether oxygens (including phenoxy) is 2. The molecule has 9 nitrogen and oxygen atoms in total. The van der Waals surface area contributed by atoms with Crippen molar-refractivity contribution in [3.05, 3.63) is 30.0 Å². The number of methoxy groups -OCH3 is 1. The number of nitrogens with zero attached hydrogens (tertiary/aromatic N) is 2. The van der Waals surface area contributed by atoms with Gasteiger partial charge in [-0.25, -0.2) is 4.79 Å². The van der Waals surface area contributed by atoms with Crippen molar-refractivity contribution in [3.63, 3.8) is 0 Å². The smallest absolute Gasteiger partial charge is 0.409 e. The van der Waals surface area contributed by atoms with Crippen molar-refractivity contribution in [2.24, 2.45) is 0 Å². The van der Waals surface area contributed by atoms with Gasteiger partial charge in [-0.1, -0.05) is 6.07 Å². The van der Waals surface area contributed by atoms with Crippen LogP contribution in [0.3, 0.4) is 0 Å². The number of rotatable bonds is 5. The van der Waals surface area contributed by atoms with Crippen molar-refractivity contribution >= 4 is 28.8 Å². The second-order valence-corrected chi connectivity index (χ2v) is 6.35. The zero-order valence-corrected chi connectivity index (χ0v) is 16.0. The molecule has 0 atom stereocenters. The molecular weight excluding hydrogens is 364 g/mol. The molecule has 1 aliphatic heterocycles. The molecule has 1 saturated heterocycles. The first-order valence-corrected chi connectivity index (χ1v) is 9.17. The molecule has 0 saturated carbocycles. The molecule has 2 heterocycles. The molecule has 2 N–H and O–H groups in total. The fourth-order valence-corrected chi connectivity index (χ4v) is 3.14. The third kappa shape index (κ3) is 4.19. The van der Waals surface area contributed by atoms with Crippen LogP contribution in [0.15, 0.2) is 24.3 Å². The van der Waals surface area contributed by atoms with Crippen LogP contribution in [-0.4, -0.2) is 79.1 Å². The van der Waals surface area contributed by atoms with Crippen molar-refractivity contribution in [2.75, 3.05) is 46.4 Å². The fraction of sp³-hybridized carbons (Fsp3) is 0.421. The molecule has 0 unspecified atom stereocenters. The van der Waals surface area contributed by atoms with Crippen LogP contribution in [0.1, 0.15) is 17.4 Å². The van der Waals surface area contributed by atoms with E-state index in [1.54, 1.807) is 29.9 Å². The molecule has 0 radical (unpaired) electrons. The lowest BCUT2D eigenvalue weighted by molar-refractivity contribution is -0.131. The number of hydrogen-bond donors (Lipinski definition) is 2. The average Bonchev–Trinajstić information content (AvgIpc) is 3.16. The average molecular weight is 388 g/mol. The minimum absolute atomic E-state index is 0.106. The Balaban J connectivity index is 1.52. The molecule has 0 bridgehead atoms. The maximum Gasteiger partial charge on any atom is 0.409 e. The van der Waals surface area contributed by atoms with Crippen LogP contribution in [-0.2, 0) is 9.53 Å². The second kappa shape index (κ2) is 8.64. The number of aromatic amines is 1. The number of fused-ring (bicyclic) bond motifs is 1. The first kappa shape index (κ1) is 19.5. The van der Waals surface area contributed by atoms with Crippen LogP contribution in [0.4, 0.5) is 4.79 Å². The first-order chi connectivity index (χ1) is 13.5. The van der Waals surface area contributed by atoms with E-state index < -0.39 is 0 Å². The van der Waals surface area contributed by atoms with Gasteiger partial charge in [0.05, 0.1) is 20.3 Å². The first-order valence-electron chi connectivity index (χ1n) is 9.17. The molecule has 0 aliphatic carbocycles. The molecule has 1 fully saturated rings. The molecular formula is C19H24N4O5. The second-order valence-electron chi connectivity index (χ2n) is 6.35. The summed E-state index contributed by atoms with van der Waals surface area (Å²) in [7, 11) is 1.57. The SMILES string of the molecule is CCOC(=O)N1CCN(C(=O)CNC(=O)c2cc3c(OC)cccc3[nH]2)CC1. The Morgan fingerprint density at radius 2 is 1.86 bits per heavy atom. The third-order valence-electron chi connectivity index (χ3n) is 4.65. The Hall–Kier alpha value is -3.23. The highest BCUT2D eigenvalue weighted by molar-refractivity contribution is 6.00. The number of carbonyl (C=O) groups is 3.